The molecule has 4 heteroatoms. The van der Waals surface area contributed by atoms with Crippen molar-refractivity contribution < 1.29 is 4.39 Å². The smallest absolute Gasteiger partial charge is 0.123 e. The Kier molecular flexibility index (Phi) is 5.19. The molecule has 22 heavy (non-hydrogen) atoms. The first-order valence-electron chi connectivity index (χ1n) is 6.82. The fourth-order valence-corrected chi connectivity index (χ4v) is 4.50. The van der Waals surface area contributed by atoms with Gasteiger partial charge >= 0.3 is 0 Å². The number of benzene rings is 2. The zero-order valence-electron chi connectivity index (χ0n) is 11.9. The lowest BCUT2D eigenvalue weighted by Crippen LogP contribution is -1.93. The maximum Gasteiger partial charge on any atom is 0.123 e. The van der Waals surface area contributed by atoms with Crippen LogP contribution in [0.2, 0.25) is 0 Å². The molecule has 0 bridgehead atoms. The van der Waals surface area contributed by atoms with Gasteiger partial charge in [-0.15, -0.1) is 11.3 Å². The summed E-state index contributed by atoms with van der Waals surface area (Å²) in [6.07, 6.45) is 0.949. The van der Waals surface area contributed by atoms with Crippen molar-refractivity contribution in [3.63, 3.8) is 0 Å². The third kappa shape index (κ3) is 3.71. The molecule has 0 aliphatic heterocycles. The molecule has 0 aliphatic rings. The highest BCUT2D eigenvalue weighted by Gasteiger charge is 2.08. The number of aryl methyl sites for hydroxylation is 1. The van der Waals surface area contributed by atoms with E-state index in [-0.39, 0.29) is 5.82 Å². The van der Waals surface area contributed by atoms with Gasteiger partial charge in [0.1, 0.15) is 5.82 Å². The van der Waals surface area contributed by atoms with Crippen LogP contribution in [0.25, 0.3) is 10.4 Å². The van der Waals surface area contributed by atoms with Crippen molar-refractivity contribution in [1.29, 1.82) is 0 Å². The van der Waals surface area contributed by atoms with E-state index >= 15 is 0 Å². The summed E-state index contributed by atoms with van der Waals surface area (Å²) in [7, 11) is 0. The van der Waals surface area contributed by atoms with Crippen LogP contribution in [-0.4, -0.2) is 0 Å². The minimum Gasteiger partial charge on any atom is -0.207 e. The number of hydrogen-bond acceptors (Lipinski definition) is 1. The molecule has 0 spiro atoms. The largest absolute Gasteiger partial charge is 0.207 e. The van der Waals surface area contributed by atoms with Crippen LogP contribution < -0.4 is 0 Å². The van der Waals surface area contributed by atoms with Crippen molar-refractivity contribution in [2.24, 2.45) is 0 Å². The predicted octanol–water partition coefficient (Wildman–Crippen LogP) is 6.66. The molecule has 3 rings (SSSR count). The topological polar surface area (TPSA) is 0 Å². The highest BCUT2D eigenvalue weighted by molar-refractivity contribution is 14.1. The molecule has 1 aromatic heterocycles. The maximum absolute atomic E-state index is 13.0. The van der Waals surface area contributed by atoms with Crippen molar-refractivity contribution in [1.82, 2.24) is 0 Å². The molecule has 0 saturated heterocycles. The monoisotopic (exact) mass is 534 g/mol. The summed E-state index contributed by atoms with van der Waals surface area (Å²) >= 11 is 6.54. The van der Waals surface area contributed by atoms with Gasteiger partial charge in [0.15, 0.2) is 0 Å². The molecule has 0 radical (unpaired) electrons. The predicted molar refractivity (Wildman–Crippen MR) is 109 cm³/mol. The van der Waals surface area contributed by atoms with E-state index in [1.165, 1.54) is 40.2 Å². The van der Waals surface area contributed by atoms with Crippen molar-refractivity contribution in [2.75, 3.05) is 0 Å². The van der Waals surface area contributed by atoms with Gasteiger partial charge in [-0.25, -0.2) is 4.39 Å². The van der Waals surface area contributed by atoms with E-state index in [0.717, 1.165) is 12.0 Å². The third-order valence-corrected chi connectivity index (χ3v) is 7.49. The average molecular weight is 534 g/mol. The molecule has 0 N–H and O–H groups in total. The summed E-state index contributed by atoms with van der Waals surface area (Å²) in [5.74, 6) is -0.190. The summed E-state index contributed by atoms with van der Waals surface area (Å²) in [6.45, 7) is 2.17. The van der Waals surface area contributed by atoms with Crippen LogP contribution in [0, 0.1) is 19.9 Å². The quantitative estimate of drug-likeness (QED) is 0.330. The normalized spacial score (nSPS) is 10.9. The Balaban J connectivity index is 1.86. The van der Waals surface area contributed by atoms with Gasteiger partial charge < -0.3 is 0 Å². The van der Waals surface area contributed by atoms with Gasteiger partial charge in [0.2, 0.25) is 0 Å². The van der Waals surface area contributed by atoms with E-state index in [1.54, 1.807) is 11.3 Å². The molecule has 3 aromatic rings. The average Bonchev–Trinajstić information content (AvgIpc) is 2.94. The van der Waals surface area contributed by atoms with E-state index in [4.69, 9.17) is 0 Å². The highest BCUT2D eigenvalue weighted by atomic mass is 127. The molecular formula is C18H13FI2S. The van der Waals surface area contributed by atoms with Crippen LogP contribution in [0.5, 0.6) is 0 Å². The van der Waals surface area contributed by atoms with Crippen LogP contribution in [0.3, 0.4) is 0 Å². The van der Waals surface area contributed by atoms with Crippen LogP contribution in [0.15, 0.2) is 48.5 Å². The van der Waals surface area contributed by atoms with Gasteiger partial charge in [0.05, 0.1) is 0 Å². The van der Waals surface area contributed by atoms with Gasteiger partial charge in [0.25, 0.3) is 0 Å². The Morgan fingerprint density at radius 1 is 0.955 bits per heavy atom. The summed E-state index contributed by atoms with van der Waals surface area (Å²) in [6, 6.07) is 15.5. The molecular weight excluding hydrogens is 521 g/mol. The van der Waals surface area contributed by atoms with Crippen molar-refractivity contribution in [2.45, 2.75) is 13.3 Å². The first-order chi connectivity index (χ1) is 10.5. The Morgan fingerprint density at radius 3 is 2.36 bits per heavy atom. The number of rotatable bonds is 3. The number of halogens is 3. The highest BCUT2D eigenvalue weighted by Crippen LogP contribution is 2.31. The SMILES string of the molecule is Cc1cc(I)c(I)cc1Cc1ccc(-c2ccc(F)cc2)s1. The molecule has 1 heterocycles. The molecule has 0 aliphatic carbocycles. The Bertz CT molecular complexity index is 806. The van der Waals surface area contributed by atoms with E-state index in [1.807, 2.05) is 12.1 Å². The zero-order chi connectivity index (χ0) is 15.7. The summed E-state index contributed by atoms with van der Waals surface area (Å²) in [4.78, 5) is 2.52. The second-order valence-electron chi connectivity index (χ2n) is 5.14. The number of hydrogen-bond donors (Lipinski definition) is 0. The standard InChI is InChI=1S/C18H13FI2S/c1-11-8-16(20)17(21)10-13(11)9-15-6-7-18(22-15)12-2-4-14(19)5-3-12/h2-8,10H,9H2,1H3. The number of thiophene rings is 1. The van der Waals surface area contributed by atoms with E-state index in [0.29, 0.717) is 0 Å². The molecule has 2 aromatic carbocycles. The Labute approximate surface area is 161 Å². The third-order valence-electron chi connectivity index (χ3n) is 3.53. The maximum atomic E-state index is 13.0. The van der Waals surface area contributed by atoms with Crippen LogP contribution in [0.4, 0.5) is 4.39 Å². The molecule has 0 saturated carbocycles. The van der Waals surface area contributed by atoms with Crippen LogP contribution in [-0.2, 0) is 6.42 Å². The first kappa shape index (κ1) is 16.4. The summed E-state index contributed by atoms with van der Waals surface area (Å²) in [5, 5.41) is 0. The molecule has 0 fully saturated rings. The lowest BCUT2D eigenvalue weighted by molar-refractivity contribution is 0.628. The summed E-state index contributed by atoms with van der Waals surface area (Å²) in [5.41, 5.74) is 3.78. The van der Waals surface area contributed by atoms with E-state index in [9.17, 15) is 4.39 Å². The van der Waals surface area contributed by atoms with Crippen molar-refractivity contribution >= 4 is 56.5 Å². The second-order valence-corrected chi connectivity index (χ2v) is 8.64. The molecule has 112 valence electrons. The minimum absolute atomic E-state index is 0.190. The van der Waals surface area contributed by atoms with Gasteiger partial charge in [-0.2, -0.15) is 0 Å². The van der Waals surface area contributed by atoms with Crippen LogP contribution >= 0.6 is 56.5 Å². The Morgan fingerprint density at radius 2 is 1.64 bits per heavy atom. The molecule has 0 amide bonds. The minimum atomic E-state index is -0.190. The fraction of sp³-hybridized carbons (Fsp3) is 0.111. The zero-order valence-corrected chi connectivity index (χ0v) is 17.0. The lowest BCUT2D eigenvalue weighted by Gasteiger charge is -2.07. The molecule has 0 atom stereocenters. The van der Waals surface area contributed by atoms with Gasteiger partial charge in [-0.05, 0) is 105 Å². The Hall–Kier alpha value is -0.470. The summed E-state index contributed by atoms with van der Waals surface area (Å²) < 4.78 is 15.6. The van der Waals surface area contributed by atoms with Gasteiger partial charge in [-0.3, -0.25) is 0 Å². The van der Waals surface area contributed by atoms with E-state index < -0.39 is 0 Å². The second kappa shape index (κ2) is 6.97. The van der Waals surface area contributed by atoms with Gasteiger partial charge in [-0.1, -0.05) is 12.1 Å². The van der Waals surface area contributed by atoms with Crippen LogP contribution in [0.1, 0.15) is 16.0 Å². The van der Waals surface area contributed by atoms with Crippen molar-refractivity contribution in [3.05, 3.63) is 77.5 Å². The lowest BCUT2D eigenvalue weighted by atomic mass is 10.1. The first-order valence-corrected chi connectivity index (χ1v) is 9.79. The molecule has 0 unspecified atom stereocenters. The van der Waals surface area contributed by atoms with Gasteiger partial charge in [0, 0.05) is 23.3 Å². The van der Waals surface area contributed by atoms with E-state index in [2.05, 4.69) is 76.4 Å². The van der Waals surface area contributed by atoms with Crippen molar-refractivity contribution in [3.8, 4) is 10.4 Å². The molecule has 0 nitrogen and oxygen atoms in total. The fourth-order valence-electron chi connectivity index (χ4n) is 2.31.